The maximum atomic E-state index is 5.97. The van der Waals surface area contributed by atoms with Crippen LogP contribution in [0.25, 0.3) is 5.65 Å². The molecule has 0 amide bonds. The zero-order valence-electron chi connectivity index (χ0n) is 17.2. The maximum absolute atomic E-state index is 5.97. The van der Waals surface area contributed by atoms with E-state index >= 15 is 0 Å². The minimum Gasteiger partial charge on any atom is -0.490 e. The Morgan fingerprint density at radius 1 is 1.10 bits per heavy atom. The van der Waals surface area contributed by atoms with Crippen LogP contribution in [0.4, 0.5) is 0 Å². The van der Waals surface area contributed by atoms with Gasteiger partial charge in [-0.05, 0) is 66.9 Å². The summed E-state index contributed by atoms with van der Waals surface area (Å²) < 4.78 is 14.9. The minimum atomic E-state index is 0.141. The Morgan fingerprint density at radius 2 is 1.86 bits per heavy atom. The average molecular weight is 457 g/mol. The number of pyridine rings is 1. The summed E-state index contributed by atoms with van der Waals surface area (Å²) in [5.74, 6) is 2.05. The van der Waals surface area contributed by atoms with Gasteiger partial charge in [0, 0.05) is 31.0 Å². The molecular weight excluding hydrogens is 428 g/mol. The molecule has 1 aliphatic carbocycles. The molecule has 0 spiro atoms. The van der Waals surface area contributed by atoms with E-state index in [9.17, 15) is 0 Å². The predicted octanol–water partition coefficient (Wildman–Crippen LogP) is 6.37. The molecule has 4 rings (SSSR count). The number of hydrogen-bond donors (Lipinski definition) is 0. The number of nitrogens with zero attached hydrogens (tertiary/aromatic N) is 2. The van der Waals surface area contributed by atoms with Crippen molar-refractivity contribution in [3.05, 3.63) is 64.5 Å². The maximum Gasteiger partial charge on any atom is 0.140 e. The first-order valence-corrected chi connectivity index (χ1v) is 11.3. The second-order valence-electron chi connectivity index (χ2n) is 8.30. The van der Waals surface area contributed by atoms with Crippen LogP contribution in [-0.2, 0) is 11.3 Å². The van der Waals surface area contributed by atoms with Gasteiger partial charge in [0.05, 0.1) is 22.9 Å². The fourth-order valence-electron chi connectivity index (χ4n) is 4.09. The summed E-state index contributed by atoms with van der Waals surface area (Å²) >= 11 is 3.61. The van der Waals surface area contributed by atoms with E-state index < -0.39 is 0 Å². The second-order valence-corrected chi connectivity index (χ2v) is 9.16. The van der Waals surface area contributed by atoms with Gasteiger partial charge in [0.2, 0.25) is 0 Å². The third kappa shape index (κ3) is 5.20. The third-order valence-electron chi connectivity index (χ3n) is 5.62. The average Bonchev–Trinajstić information content (AvgIpc) is 3.12. The molecule has 1 aromatic carbocycles. The molecule has 154 valence electrons. The van der Waals surface area contributed by atoms with Crippen LogP contribution in [0, 0.1) is 5.92 Å². The molecule has 0 atom stereocenters. The van der Waals surface area contributed by atoms with Gasteiger partial charge in [-0.3, -0.25) is 0 Å². The SMILES string of the molecule is CC(C)Oc1cc2nc([C@H]3CC[C@H](COCc4ccccc4)CC3)cn2cc1Br. The van der Waals surface area contributed by atoms with Crippen LogP contribution in [-0.4, -0.2) is 22.1 Å². The van der Waals surface area contributed by atoms with E-state index in [2.05, 4.69) is 50.8 Å². The van der Waals surface area contributed by atoms with Crippen LogP contribution in [0.2, 0.25) is 0 Å². The fourth-order valence-corrected chi connectivity index (χ4v) is 4.52. The monoisotopic (exact) mass is 456 g/mol. The number of rotatable bonds is 7. The molecule has 0 N–H and O–H groups in total. The Bertz CT molecular complexity index is 931. The van der Waals surface area contributed by atoms with E-state index in [-0.39, 0.29) is 6.10 Å². The standard InChI is InChI=1S/C24H29BrN2O2/c1-17(2)29-23-12-24-26-22(14-27(24)13-21(23)25)20-10-8-19(9-11-20)16-28-15-18-6-4-3-5-7-18/h3-7,12-14,17,19-20H,8-11,15-16H2,1-2H3/t19-,20-. The summed E-state index contributed by atoms with van der Waals surface area (Å²) in [6.45, 7) is 5.64. The highest BCUT2D eigenvalue weighted by atomic mass is 79.9. The van der Waals surface area contributed by atoms with Crippen molar-refractivity contribution in [2.24, 2.45) is 5.92 Å². The lowest BCUT2D eigenvalue weighted by atomic mass is 9.81. The molecule has 0 saturated heterocycles. The van der Waals surface area contributed by atoms with Crippen LogP contribution in [0.15, 0.2) is 53.3 Å². The summed E-state index contributed by atoms with van der Waals surface area (Å²) in [5.41, 5.74) is 3.40. The van der Waals surface area contributed by atoms with Gasteiger partial charge in [0.1, 0.15) is 11.4 Å². The molecule has 0 unspecified atom stereocenters. The van der Waals surface area contributed by atoms with E-state index in [4.69, 9.17) is 14.5 Å². The highest BCUT2D eigenvalue weighted by Crippen LogP contribution is 2.36. The van der Waals surface area contributed by atoms with Crippen LogP contribution < -0.4 is 4.74 Å². The number of imidazole rings is 1. The van der Waals surface area contributed by atoms with Crippen LogP contribution in [0.5, 0.6) is 5.75 Å². The minimum absolute atomic E-state index is 0.141. The van der Waals surface area contributed by atoms with Crippen LogP contribution in [0.3, 0.4) is 0 Å². The molecule has 1 fully saturated rings. The van der Waals surface area contributed by atoms with Gasteiger partial charge >= 0.3 is 0 Å². The van der Waals surface area contributed by atoms with Crippen LogP contribution >= 0.6 is 15.9 Å². The van der Waals surface area contributed by atoms with E-state index in [1.165, 1.54) is 36.9 Å². The van der Waals surface area contributed by atoms with E-state index in [0.717, 1.165) is 22.5 Å². The lowest BCUT2D eigenvalue weighted by Crippen LogP contribution is -2.18. The van der Waals surface area contributed by atoms with Crippen molar-refractivity contribution in [1.29, 1.82) is 0 Å². The van der Waals surface area contributed by atoms with Gasteiger partial charge in [-0.1, -0.05) is 30.3 Å². The largest absolute Gasteiger partial charge is 0.490 e. The zero-order valence-corrected chi connectivity index (χ0v) is 18.8. The quantitative estimate of drug-likeness (QED) is 0.413. The molecule has 5 heteroatoms. The molecule has 0 bridgehead atoms. The van der Waals surface area contributed by atoms with E-state index in [1.807, 2.05) is 32.2 Å². The van der Waals surface area contributed by atoms with Gasteiger partial charge in [-0.25, -0.2) is 4.98 Å². The first kappa shape index (κ1) is 20.4. The lowest BCUT2D eigenvalue weighted by molar-refractivity contribution is 0.0714. The summed E-state index contributed by atoms with van der Waals surface area (Å²) in [6, 6.07) is 12.4. The first-order chi connectivity index (χ1) is 14.1. The number of halogens is 1. The topological polar surface area (TPSA) is 35.8 Å². The van der Waals surface area contributed by atoms with Gasteiger partial charge in [-0.15, -0.1) is 0 Å². The van der Waals surface area contributed by atoms with Gasteiger partial charge in [-0.2, -0.15) is 0 Å². The van der Waals surface area contributed by atoms with Crippen molar-refractivity contribution in [3.63, 3.8) is 0 Å². The van der Waals surface area contributed by atoms with Gasteiger partial charge in [0.15, 0.2) is 0 Å². The molecule has 29 heavy (non-hydrogen) atoms. The van der Waals surface area contributed by atoms with Crippen molar-refractivity contribution < 1.29 is 9.47 Å². The smallest absolute Gasteiger partial charge is 0.140 e. The number of hydrogen-bond acceptors (Lipinski definition) is 3. The van der Waals surface area contributed by atoms with Crippen molar-refractivity contribution in [2.45, 2.75) is 58.2 Å². The summed E-state index contributed by atoms with van der Waals surface area (Å²) in [6.07, 6.45) is 9.14. The van der Waals surface area contributed by atoms with Crippen LogP contribution in [0.1, 0.15) is 56.7 Å². The number of benzene rings is 1. The Labute approximate surface area is 181 Å². The number of aromatic nitrogens is 2. The van der Waals surface area contributed by atoms with Gasteiger partial charge < -0.3 is 13.9 Å². The molecule has 0 aliphatic heterocycles. The Morgan fingerprint density at radius 3 is 2.59 bits per heavy atom. The third-order valence-corrected chi connectivity index (χ3v) is 6.22. The van der Waals surface area contributed by atoms with E-state index in [0.29, 0.717) is 18.4 Å². The number of fused-ring (bicyclic) bond motifs is 1. The van der Waals surface area contributed by atoms with E-state index in [1.54, 1.807) is 0 Å². The Hall–Kier alpha value is -1.85. The molecule has 1 saturated carbocycles. The molecule has 3 aromatic rings. The first-order valence-electron chi connectivity index (χ1n) is 10.5. The van der Waals surface area contributed by atoms with Crippen molar-refractivity contribution in [3.8, 4) is 5.75 Å². The molecule has 4 nitrogen and oxygen atoms in total. The Kier molecular flexibility index (Phi) is 6.56. The van der Waals surface area contributed by atoms with Crippen molar-refractivity contribution in [2.75, 3.05) is 6.61 Å². The normalized spacial score (nSPS) is 19.7. The summed E-state index contributed by atoms with van der Waals surface area (Å²) in [4.78, 5) is 4.90. The summed E-state index contributed by atoms with van der Waals surface area (Å²) in [5, 5.41) is 0. The highest BCUT2D eigenvalue weighted by molar-refractivity contribution is 9.10. The molecule has 2 aromatic heterocycles. The van der Waals surface area contributed by atoms with Crippen molar-refractivity contribution in [1.82, 2.24) is 9.38 Å². The summed E-state index contributed by atoms with van der Waals surface area (Å²) in [7, 11) is 0. The molecule has 2 heterocycles. The zero-order chi connectivity index (χ0) is 20.2. The highest BCUT2D eigenvalue weighted by Gasteiger charge is 2.24. The predicted molar refractivity (Wildman–Crippen MR) is 119 cm³/mol. The molecule has 0 radical (unpaired) electrons. The lowest BCUT2D eigenvalue weighted by Gasteiger charge is -2.27. The molecule has 1 aliphatic rings. The Balaban J connectivity index is 1.32. The van der Waals surface area contributed by atoms with Gasteiger partial charge in [0.25, 0.3) is 0 Å². The fraction of sp³-hybridized carbons (Fsp3) is 0.458. The number of ether oxygens (including phenoxy) is 2. The van der Waals surface area contributed by atoms with Crippen molar-refractivity contribution >= 4 is 21.6 Å². The second kappa shape index (κ2) is 9.31. The molecular formula is C24H29BrN2O2.